The van der Waals surface area contributed by atoms with Gasteiger partial charge in [-0.2, -0.15) is 0 Å². The van der Waals surface area contributed by atoms with Gasteiger partial charge in [0.1, 0.15) is 12.4 Å². The summed E-state index contributed by atoms with van der Waals surface area (Å²) in [5, 5.41) is 8.60. The lowest BCUT2D eigenvalue weighted by Crippen LogP contribution is -2.05. The number of aliphatic hydroxyl groups excluding tert-OH is 1. The first kappa shape index (κ1) is 13.9. The van der Waals surface area contributed by atoms with Crippen molar-refractivity contribution in [3.8, 4) is 5.75 Å². The second-order valence-electron chi connectivity index (χ2n) is 3.44. The van der Waals surface area contributed by atoms with Crippen molar-refractivity contribution in [1.82, 2.24) is 0 Å². The molecule has 0 heterocycles. The highest BCUT2D eigenvalue weighted by Crippen LogP contribution is 2.17. The van der Waals surface area contributed by atoms with E-state index >= 15 is 0 Å². The summed E-state index contributed by atoms with van der Waals surface area (Å²) in [5.74, 6) is 0.170. The maximum atomic E-state index is 11.1. The summed E-state index contributed by atoms with van der Waals surface area (Å²) in [4.78, 5) is 11.1. The molecule has 0 atom stereocenters. The fraction of sp³-hybridized carbons (Fsp3) is 0.133. The van der Waals surface area contributed by atoms with Crippen LogP contribution in [-0.2, 0) is 0 Å². The summed E-state index contributed by atoms with van der Waals surface area (Å²) in [7, 11) is 1.49. The van der Waals surface area contributed by atoms with E-state index < -0.39 is 6.61 Å². The Labute approximate surface area is 107 Å². The van der Waals surface area contributed by atoms with Gasteiger partial charge in [0.2, 0.25) is 0 Å². The first-order valence-electron chi connectivity index (χ1n) is 5.56. The molecule has 2 rings (SSSR count). The van der Waals surface area contributed by atoms with Crippen molar-refractivity contribution in [2.75, 3.05) is 13.7 Å². The van der Waals surface area contributed by atoms with Gasteiger partial charge in [-0.25, -0.2) is 0 Å². The van der Waals surface area contributed by atoms with Gasteiger partial charge in [0.25, 0.3) is 0 Å². The van der Waals surface area contributed by atoms with Gasteiger partial charge in [-0.15, -0.1) is 0 Å². The largest absolute Gasteiger partial charge is 0.496 e. The Morgan fingerprint density at radius 1 is 1.00 bits per heavy atom. The summed E-state index contributed by atoms with van der Waals surface area (Å²) in [6.45, 7) is -0.486. The van der Waals surface area contributed by atoms with Crippen LogP contribution in [-0.4, -0.2) is 24.6 Å². The Morgan fingerprint density at radius 3 is 1.94 bits per heavy atom. The topological polar surface area (TPSA) is 46.5 Å². The van der Waals surface area contributed by atoms with Crippen molar-refractivity contribution >= 4 is 5.78 Å². The van der Waals surface area contributed by atoms with Gasteiger partial charge in [-0.1, -0.05) is 48.5 Å². The third-order valence-electron chi connectivity index (χ3n) is 2.22. The number of benzene rings is 2. The van der Waals surface area contributed by atoms with Crippen molar-refractivity contribution in [2.24, 2.45) is 0 Å². The van der Waals surface area contributed by atoms with Crippen LogP contribution in [0, 0.1) is 0 Å². The van der Waals surface area contributed by atoms with Gasteiger partial charge >= 0.3 is 0 Å². The predicted octanol–water partition coefficient (Wildman–Crippen LogP) is 2.56. The molecule has 3 heteroatoms. The third kappa shape index (κ3) is 4.39. The fourth-order valence-corrected chi connectivity index (χ4v) is 1.35. The fourth-order valence-electron chi connectivity index (χ4n) is 1.35. The van der Waals surface area contributed by atoms with Crippen LogP contribution in [0.3, 0.4) is 0 Å². The van der Waals surface area contributed by atoms with E-state index in [9.17, 15) is 4.79 Å². The highest BCUT2D eigenvalue weighted by molar-refractivity contribution is 5.99. The van der Waals surface area contributed by atoms with E-state index in [0.717, 1.165) is 0 Å². The van der Waals surface area contributed by atoms with Gasteiger partial charge in [-0.3, -0.25) is 4.79 Å². The second-order valence-corrected chi connectivity index (χ2v) is 3.44. The molecule has 2 aromatic carbocycles. The maximum absolute atomic E-state index is 11.1. The van der Waals surface area contributed by atoms with E-state index in [1.165, 1.54) is 7.11 Å². The van der Waals surface area contributed by atoms with E-state index in [1.54, 1.807) is 24.3 Å². The molecule has 0 amide bonds. The molecule has 1 N–H and O–H groups in total. The first-order valence-corrected chi connectivity index (χ1v) is 5.56. The number of ether oxygens (including phenoxy) is 1. The van der Waals surface area contributed by atoms with E-state index in [2.05, 4.69) is 0 Å². The summed E-state index contributed by atoms with van der Waals surface area (Å²) >= 11 is 0. The SMILES string of the molecule is COc1ccccc1C(=O)CO.c1ccccc1. The van der Waals surface area contributed by atoms with Gasteiger partial charge in [0, 0.05) is 0 Å². The highest BCUT2D eigenvalue weighted by atomic mass is 16.5. The molecule has 94 valence electrons. The van der Waals surface area contributed by atoms with E-state index in [-0.39, 0.29) is 5.78 Å². The summed E-state index contributed by atoms with van der Waals surface area (Å²) in [5.41, 5.74) is 0.419. The van der Waals surface area contributed by atoms with Gasteiger partial charge in [0.15, 0.2) is 5.78 Å². The second kappa shape index (κ2) is 8.03. The molecule has 0 aliphatic carbocycles. The van der Waals surface area contributed by atoms with Crippen molar-refractivity contribution in [2.45, 2.75) is 0 Å². The van der Waals surface area contributed by atoms with Crippen LogP contribution in [0.4, 0.5) is 0 Å². The number of aliphatic hydroxyl groups is 1. The standard InChI is InChI=1S/C9H10O3.C6H6/c1-12-9-5-3-2-4-7(9)8(11)6-10;1-2-4-6-5-3-1/h2-5,10H,6H2,1H3;1-6H. The van der Waals surface area contributed by atoms with Crippen molar-refractivity contribution in [3.05, 3.63) is 66.2 Å². The van der Waals surface area contributed by atoms with Crippen molar-refractivity contribution in [3.63, 3.8) is 0 Å². The summed E-state index contributed by atoms with van der Waals surface area (Å²) in [6.07, 6.45) is 0. The average Bonchev–Trinajstić information content (AvgIpc) is 2.48. The molecule has 0 unspecified atom stereocenters. The number of methoxy groups -OCH3 is 1. The van der Waals surface area contributed by atoms with Crippen LogP contribution in [0.1, 0.15) is 10.4 Å². The van der Waals surface area contributed by atoms with Crippen LogP contribution in [0.15, 0.2) is 60.7 Å². The molecule has 0 aliphatic rings. The van der Waals surface area contributed by atoms with Crippen LogP contribution >= 0.6 is 0 Å². The average molecular weight is 244 g/mol. The van der Waals surface area contributed by atoms with E-state index in [0.29, 0.717) is 11.3 Å². The monoisotopic (exact) mass is 244 g/mol. The maximum Gasteiger partial charge on any atom is 0.191 e. The van der Waals surface area contributed by atoms with Crippen LogP contribution in [0.25, 0.3) is 0 Å². The van der Waals surface area contributed by atoms with E-state index in [1.807, 2.05) is 36.4 Å². The number of para-hydroxylation sites is 1. The molecule has 0 spiro atoms. The minimum atomic E-state index is -0.486. The number of carbonyl (C=O) groups excluding carboxylic acids is 1. The van der Waals surface area contributed by atoms with Gasteiger partial charge in [0.05, 0.1) is 12.7 Å². The molecule has 3 nitrogen and oxygen atoms in total. The molecule has 0 saturated heterocycles. The predicted molar refractivity (Wildman–Crippen MR) is 70.9 cm³/mol. The zero-order valence-electron chi connectivity index (χ0n) is 10.2. The molecule has 2 aromatic rings. The third-order valence-corrected chi connectivity index (χ3v) is 2.22. The van der Waals surface area contributed by atoms with Gasteiger partial charge in [-0.05, 0) is 12.1 Å². The van der Waals surface area contributed by atoms with Crippen LogP contribution < -0.4 is 4.74 Å². The molecule has 0 fully saturated rings. The van der Waals surface area contributed by atoms with Crippen molar-refractivity contribution in [1.29, 1.82) is 0 Å². The zero-order valence-corrected chi connectivity index (χ0v) is 10.2. The molecule has 0 aliphatic heterocycles. The molecule has 0 bridgehead atoms. The smallest absolute Gasteiger partial charge is 0.191 e. The lowest BCUT2D eigenvalue weighted by molar-refractivity contribution is 0.0900. The number of Topliss-reactive ketones (excluding diaryl/α,β-unsaturated/α-hetero) is 1. The summed E-state index contributed by atoms with van der Waals surface area (Å²) in [6, 6.07) is 18.8. The van der Waals surface area contributed by atoms with Crippen LogP contribution in [0.5, 0.6) is 5.75 Å². The molecular weight excluding hydrogens is 228 g/mol. The Kier molecular flexibility index (Phi) is 6.22. The minimum Gasteiger partial charge on any atom is -0.496 e. The quantitative estimate of drug-likeness (QED) is 0.844. The van der Waals surface area contributed by atoms with Crippen molar-refractivity contribution < 1.29 is 14.6 Å². The Morgan fingerprint density at radius 2 is 1.50 bits per heavy atom. The summed E-state index contributed by atoms with van der Waals surface area (Å²) < 4.78 is 4.94. The number of hydrogen-bond acceptors (Lipinski definition) is 3. The van der Waals surface area contributed by atoms with Gasteiger partial charge < -0.3 is 9.84 Å². The first-order chi connectivity index (χ1) is 8.79. The zero-order chi connectivity index (χ0) is 13.2. The lowest BCUT2D eigenvalue weighted by atomic mass is 10.1. The molecular formula is C15H16O3. The number of ketones is 1. The van der Waals surface area contributed by atoms with E-state index in [4.69, 9.17) is 9.84 Å². The molecule has 0 aromatic heterocycles. The number of carbonyl (C=O) groups is 1. The highest BCUT2D eigenvalue weighted by Gasteiger charge is 2.08. The minimum absolute atomic E-state index is 0.326. The molecule has 0 radical (unpaired) electrons. The molecule has 18 heavy (non-hydrogen) atoms. The normalized spacial score (nSPS) is 9.00. The Bertz CT molecular complexity index is 439. The van der Waals surface area contributed by atoms with Crippen LogP contribution in [0.2, 0.25) is 0 Å². The Balaban J connectivity index is 0.000000225. The lowest BCUT2D eigenvalue weighted by Gasteiger charge is -2.04. The number of hydrogen-bond donors (Lipinski definition) is 1. The number of rotatable bonds is 3. The molecule has 0 saturated carbocycles. The Hall–Kier alpha value is -2.13.